The predicted molar refractivity (Wildman–Crippen MR) is 85.1 cm³/mol. The summed E-state index contributed by atoms with van der Waals surface area (Å²) < 4.78 is 5.23. The maximum Gasteiger partial charge on any atom is 0.329 e. The summed E-state index contributed by atoms with van der Waals surface area (Å²) in [6.07, 6.45) is 3.56. The van der Waals surface area contributed by atoms with Crippen LogP contribution in [0.1, 0.15) is 31.7 Å². The van der Waals surface area contributed by atoms with E-state index in [4.69, 9.17) is 4.74 Å². The van der Waals surface area contributed by atoms with Gasteiger partial charge in [-0.3, -0.25) is 4.79 Å². The number of quaternary nitrogens is 1. The number of imide groups is 1. The van der Waals surface area contributed by atoms with Crippen molar-refractivity contribution in [3.63, 3.8) is 0 Å². The summed E-state index contributed by atoms with van der Waals surface area (Å²) >= 11 is 0. The molecular formula is C17H24N3O3+. The number of amides is 3. The van der Waals surface area contributed by atoms with Gasteiger partial charge in [0.15, 0.2) is 6.67 Å². The molecule has 2 saturated heterocycles. The highest BCUT2D eigenvalue weighted by Crippen LogP contribution is 2.30. The lowest BCUT2D eigenvalue weighted by molar-refractivity contribution is -0.912. The van der Waals surface area contributed by atoms with Crippen LogP contribution in [0.15, 0.2) is 24.3 Å². The summed E-state index contributed by atoms with van der Waals surface area (Å²) in [5.41, 5.74) is -0.285. The average molecular weight is 318 g/mol. The molecule has 0 saturated carbocycles. The van der Waals surface area contributed by atoms with Gasteiger partial charge in [-0.15, -0.1) is 0 Å². The molecule has 2 heterocycles. The van der Waals surface area contributed by atoms with E-state index < -0.39 is 5.54 Å². The van der Waals surface area contributed by atoms with Crippen LogP contribution in [-0.2, 0) is 10.3 Å². The third kappa shape index (κ3) is 2.91. The first kappa shape index (κ1) is 15.8. The minimum absolute atomic E-state index is 0.186. The molecule has 1 aromatic rings. The van der Waals surface area contributed by atoms with E-state index in [-0.39, 0.29) is 11.9 Å². The van der Waals surface area contributed by atoms with Gasteiger partial charge in [-0.05, 0) is 43.9 Å². The van der Waals surface area contributed by atoms with Crippen molar-refractivity contribution in [3.8, 4) is 5.75 Å². The summed E-state index contributed by atoms with van der Waals surface area (Å²) in [5, 5.41) is 2.86. The number of piperidine rings is 1. The third-order valence-electron chi connectivity index (χ3n) is 4.86. The number of likely N-dealkylation sites (tertiary alicyclic amines) is 1. The summed E-state index contributed by atoms with van der Waals surface area (Å²) in [4.78, 5) is 27.9. The van der Waals surface area contributed by atoms with Gasteiger partial charge in [-0.25, -0.2) is 9.69 Å². The molecule has 2 N–H and O–H groups in total. The molecule has 6 heteroatoms. The van der Waals surface area contributed by atoms with E-state index in [1.54, 1.807) is 20.1 Å². The fourth-order valence-electron chi connectivity index (χ4n) is 3.40. The fourth-order valence-corrected chi connectivity index (χ4v) is 3.40. The lowest BCUT2D eigenvalue weighted by atomic mass is 9.92. The highest BCUT2D eigenvalue weighted by molar-refractivity contribution is 6.07. The van der Waals surface area contributed by atoms with Crippen molar-refractivity contribution < 1.29 is 19.2 Å². The highest BCUT2D eigenvalue weighted by atomic mass is 16.5. The van der Waals surface area contributed by atoms with E-state index in [2.05, 4.69) is 5.32 Å². The van der Waals surface area contributed by atoms with Gasteiger partial charge in [-0.2, -0.15) is 0 Å². The van der Waals surface area contributed by atoms with Crippen LogP contribution in [0, 0.1) is 0 Å². The Kier molecular flexibility index (Phi) is 4.26. The number of nitrogens with zero attached hydrogens (tertiary/aromatic N) is 1. The first-order valence-electron chi connectivity index (χ1n) is 8.17. The molecule has 3 rings (SSSR count). The summed E-state index contributed by atoms with van der Waals surface area (Å²) in [6, 6.07) is 6.99. The van der Waals surface area contributed by atoms with E-state index in [1.165, 1.54) is 16.2 Å². The van der Waals surface area contributed by atoms with Crippen LogP contribution < -0.4 is 15.0 Å². The highest BCUT2D eigenvalue weighted by Gasteiger charge is 2.50. The third-order valence-corrected chi connectivity index (χ3v) is 4.86. The Morgan fingerprint density at radius 3 is 2.70 bits per heavy atom. The molecule has 0 bridgehead atoms. The first-order valence-corrected chi connectivity index (χ1v) is 8.17. The largest absolute Gasteiger partial charge is 0.497 e. The normalized spacial score (nSPS) is 25.6. The molecule has 23 heavy (non-hydrogen) atoms. The van der Waals surface area contributed by atoms with Crippen molar-refractivity contribution in [2.24, 2.45) is 0 Å². The van der Waals surface area contributed by atoms with E-state index in [9.17, 15) is 9.59 Å². The minimum Gasteiger partial charge on any atom is -0.497 e. The second-order valence-electron chi connectivity index (χ2n) is 6.49. The standard InChI is InChI=1S/C17H23N3O3/c1-17(13-7-6-8-14(11-13)23-2)15(21)20(16(22)18-17)12-19-9-4-3-5-10-19/h6-8,11H,3-5,9-10,12H2,1-2H3,(H,18,22)/p+1/t17-/m0/s1. The van der Waals surface area contributed by atoms with Crippen LogP contribution in [0.5, 0.6) is 5.75 Å². The van der Waals surface area contributed by atoms with Crippen molar-refractivity contribution in [3.05, 3.63) is 29.8 Å². The number of carbonyl (C=O) groups is 2. The van der Waals surface area contributed by atoms with Gasteiger partial charge in [0.25, 0.3) is 5.91 Å². The quantitative estimate of drug-likeness (QED) is 0.794. The lowest BCUT2D eigenvalue weighted by Gasteiger charge is -2.27. The fraction of sp³-hybridized carbons (Fsp3) is 0.529. The number of rotatable bonds is 4. The van der Waals surface area contributed by atoms with Gasteiger partial charge in [0.05, 0.1) is 20.2 Å². The second-order valence-corrected chi connectivity index (χ2v) is 6.49. The molecule has 1 aromatic carbocycles. The van der Waals surface area contributed by atoms with Crippen LogP contribution in [0.3, 0.4) is 0 Å². The molecule has 6 nitrogen and oxygen atoms in total. The topological polar surface area (TPSA) is 63.1 Å². The molecule has 0 spiro atoms. The average Bonchev–Trinajstić information content (AvgIpc) is 2.80. The molecule has 0 aliphatic carbocycles. The van der Waals surface area contributed by atoms with Gasteiger partial charge in [0.2, 0.25) is 0 Å². The van der Waals surface area contributed by atoms with E-state index in [0.717, 1.165) is 31.5 Å². The zero-order chi connectivity index (χ0) is 16.4. The molecule has 3 amide bonds. The van der Waals surface area contributed by atoms with E-state index in [0.29, 0.717) is 12.4 Å². The number of nitrogens with one attached hydrogen (secondary N) is 2. The van der Waals surface area contributed by atoms with Crippen molar-refractivity contribution in [2.75, 3.05) is 26.9 Å². The molecule has 2 aliphatic rings. The number of hydrogen-bond donors (Lipinski definition) is 2. The Morgan fingerprint density at radius 1 is 1.26 bits per heavy atom. The van der Waals surface area contributed by atoms with Gasteiger partial charge in [-0.1, -0.05) is 12.1 Å². The predicted octanol–water partition coefficient (Wildman–Crippen LogP) is 0.488. The number of urea groups is 1. The Hall–Kier alpha value is -2.08. The summed E-state index contributed by atoms with van der Waals surface area (Å²) in [7, 11) is 1.59. The van der Waals surface area contributed by atoms with Crippen molar-refractivity contribution >= 4 is 11.9 Å². The first-order chi connectivity index (χ1) is 11.0. The zero-order valence-electron chi connectivity index (χ0n) is 13.7. The number of carbonyl (C=O) groups excluding carboxylic acids is 2. The van der Waals surface area contributed by atoms with Gasteiger partial charge >= 0.3 is 6.03 Å². The van der Waals surface area contributed by atoms with Crippen LogP contribution in [0.2, 0.25) is 0 Å². The SMILES string of the molecule is COc1cccc([C@]2(C)NC(=O)N(C[NH+]3CCCCC3)C2=O)c1. The molecule has 1 atom stereocenters. The monoisotopic (exact) mass is 318 g/mol. The lowest BCUT2D eigenvalue weighted by Crippen LogP contribution is -3.14. The second kappa shape index (κ2) is 6.20. The number of benzene rings is 1. The molecule has 0 radical (unpaired) electrons. The van der Waals surface area contributed by atoms with E-state index >= 15 is 0 Å². The maximum atomic E-state index is 12.9. The summed E-state index contributed by atoms with van der Waals surface area (Å²) in [6.45, 7) is 4.25. The van der Waals surface area contributed by atoms with Crippen LogP contribution in [0.25, 0.3) is 0 Å². The van der Waals surface area contributed by atoms with E-state index in [1.807, 2.05) is 18.2 Å². The smallest absolute Gasteiger partial charge is 0.329 e. The van der Waals surface area contributed by atoms with Crippen molar-refractivity contribution in [1.29, 1.82) is 0 Å². The van der Waals surface area contributed by atoms with Gasteiger partial charge in [0.1, 0.15) is 11.3 Å². The zero-order valence-corrected chi connectivity index (χ0v) is 13.7. The van der Waals surface area contributed by atoms with Gasteiger partial charge < -0.3 is 15.0 Å². The molecule has 0 unspecified atom stereocenters. The molecule has 2 aliphatic heterocycles. The molecule has 124 valence electrons. The molecular weight excluding hydrogens is 294 g/mol. The maximum absolute atomic E-state index is 12.9. The van der Waals surface area contributed by atoms with Crippen molar-refractivity contribution in [2.45, 2.75) is 31.7 Å². The Balaban J connectivity index is 1.81. The Bertz CT molecular complexity index is 613. The number of methoxy groups -OCH3 is 1. The Labute approximate surface area is 136 Å². The van der Waals surface area contributed by atoms with Crippen LogP contribution >= 0.6 is 0 Å². The number of hydrogen-bond acceptors (Lipinski definition) is 3. The van der Waals surface area contributed by atoms with Gasteiger partial charge in [0, 0.05) is 0 Å². The molecule has 0 aromatic heterocycles. The van der Waals surface area contributed by atoms with Crippen LogP contribution in [0.4, 0.5) is 4.79 Å². The van der Waals surface area contributed by atoms with Crippen molar-refractivity contribution in [1.82, 2.24) is 10.2 Å². The minimum atomic E-state index is -1.03. The summed E-state index contributed by atoms with van der Waals surface area (Å²) in [5.74, 6) is 0.486. The van der Waals surface area contributed by atoms with Crippen LogP contribution in [-0.4, -0.2) is 43.7 Å². The molecule has 2 fully saturated rings. The number of ether oxygens (including phenoxy) is 1. The Morgan fingerprint density at radius 2 is 2.00 bits per heavy atom.